The molecular formula is C31H34N6O7S. The number of nitrogens with zero attached hydrogens (tertiary/aromatic N) is 2. The Kier molecular flexibility index (Phi) is 8.70. The number of H-pyrrole nitrogens is 1. The number of hydrogen-bond donors (Lipinski definition) is 4. The number of nitro benzene ring substituents is 1. The van der Waals surface area contributed by atoms with Crippen molar-refractivity contribution in [2.45, 2.75) is 66.4 Å². The number of carbonyl (C=O) groups excluding carboxylic acids is 1. The largest absolute Gasteiger partial charge is 0.453 e. The fourth-order valence-electron chi connectivity index (χ4n) is 6.02. The van der Waals surface area contributed by atoms with Gasteiger partial charge in [0.15, 0.2) is 5.75 Å². The minimum atomic E-state index is -4.41. The first-order valence-electron chi connectivity index (χ1n) is 14.9. The molecule has 236 valence electrons. The van der Waals surface area contributed by atoms with E-state index in [0.717, 1.165) is 57.8 Å². The Morgan fingerprint density at radius 2 is 1.76 bits per heavy atom. The van der Waals surface area contributed by atoms with E-state index in [1.54, 1.807) is 18.3 Å². The van der Waals surface area contributed by atoms with E-state index in [2.05, 4.69) is 20.6 Å². The molecule has 2 fully saturated rings. The predicted molar refractivity (Wildman–Crippen MR) is 166 cm³/mol. The topological polar surface area (TPSA) is 192 Å². The number of hydrogen-bond acceptors (Lipinski definition) is 10. The van der Waals surface area contributed by atoms with Crippen molar-refractivity contribution in [3.63, 3.8) is 0 Å². The number of para-hydroxylation sites is 1. The van der Waals surface area contributed by atoms with Gasteiger partial charge >= 0.3 is 0 Å². The maximum Gasteiger partial charge on any atom is 0.293 e. The van der Waals surface area contributed by atoms with E-state index in [1.807, 2.05) is 0 Å². The molecule has 13 nitrogen and oxygen atoms in total. The van der Waals surface area contributed by atoms with E-state index in [1.165, 1.54) is 36.5 Å². The van der Waals surface area contributed by atoms with Crippen LogP contribution in [0.3, 0.4) is 0 Å². The summed E-state index contributed by atoms with van der Waals surface area (Å²) in [5.41, 5.74) is 5.89. The van der Waals surface area contributed by atoms with Crippen LogP contribution in [0.4, 0.5) is 11.4 Å². The molecule has 14 heteroatoms. The summed E-state index contributed by atoms with van der Waals surface area (Å²) in [7, 11) is -4.41. The molecule has 0 radical (unpaired) electrons. The van der Waals surface area contributed by atoms with Crippen molar-refractivity contribution < 1.29 is 27.6 Å². The number of pyridine rings is 1. The minimum Gasteiger partial charge on any atom is -0.453 e. The first-order valence-corrected chi connectivity index (χ1v) is 16.3. The third-order valence-corrected chi connectivity index (χ3v) is 10.2. The van der Waals surface area contributed by atoms with E-state index >= 15 is 0 Å². The third kappa shape index (κ3) is 6.62. The van der Waals surface area contributed by atoms with Gasteiger partial charge in [0, 0.05) is 49.0 Å². The van der Waals surface area contributed by atoms with Gasteiger partial charge in [0.1, 0.15) is 22.0 Å². The van der Waals surface area contributed by atoms with Gasteiger partial charge in [-0.15, -0.1) is 0 Å². The Balaban J connectivity index is 1.24. The van der Waals surface area contributed by atoms with Crippen LogP contribution in [0.2, 0.25) is 0 Å². The number of anilines is 1. The van der Waals surface area contributed by atoms with Crippen LogP contribution in [0.15, 0.2) is 70.7 Å². The Bertz CT molecular complexity index is 1830. The highest BCUT2D eigenvalue weighted by atomic mass is 32.2. The highest BCUT2D eigenvalue weighted by Gasteiger charge is 2.30. The predicted octanol–water partition coefficient (Wildman–Crippen LogP) is 4.69. The number of rotatable bonds is 10. The maximum atomic E-state index is 14.0. The lowest BCUT2D eigenvalue weighted by Gasteiger charge is -2.34. The quantitative estimate of drug-likeness (QED) is 0.141. The average Bonchev–Trinajstić information content (AvgIpc) is 3.50. The van der Waals surface area contributed by atoms with Gasteiger partial charge in [0.05, 0.1) is 21.6 Å². The van der Waals surface area contributed by atoms with E-state index < -0.39 is 20.7 Å². The number of ether oxygens (including phenoxy) is 2. The second-order valence-corrected chi connectivity index (χ2v) is 13.3. The SMILES string of the molecule is NC(=O)c1cccc(S(=O)(=O)c2ccc(NC3CCC(NC4CCOCC4)CC3)c([N+](=O)[O-])c2)c1Oc1cnc2[nH]ccc2c1. The van der Waals surface area contributed by atoms with Crippen LogP contribution in [0, 0.1) is 10.1 Å². The maximum absolute atomic E-state index is 14.0. The Morgan fingerprint density at radius 1 is 1.02 bits per heavy atom. The average molecular weight is 635 g/mol. The number of aromatic nitrogens is 2. The standard InChI is InChI=1S/C31H34N6O7S/c32-30(38)25-2-1-3-28(29(25)44-23-16-19-10-13-33-31(19)34-18-23)45(41,42)24-8-9-26(27(17-24)37(39)40)36-21-6-4-20(5-7-21)35-22-11-14-43-15-12-22/h1-3,8-10,13,16-18,20-22,35-36H,4-7,11-12,14-15H2,(H2,32,38)(H,33,34). The highest BCUT2D eigenvalue weighted by molar-refractivity contribution is 7.91. The fraction of sp³-hybridized carbons (Fsp3) is 0.355. The van der Waals surface area contributed by atoms with Gasteiger partial charge in [-0.3, -0.25) is 14.9 Å². The van der Waals surface area contributed by atoms with Gasteiger partial charge in [-0.2, -0.15) is 0 Å². The number of amides is 1. The van der Waals surface area contributed by atoms with E-state index in [9.17, 15) is 23.3 Å². The molecule has 1 saturated heterocycles. The molecule has 1 saturated carbocycles. The van der Waals surface area contributed by atoms with Crippen molar-refractivity contribution >= 4 is 38.2 Å². The van der Waals surface area contributed by atoms with E-state index in [0.29, 0.717) is 23.1 Å². The Labute approximate surface area is 259 Å². The van der Waals surface area contributed by atoms with Gasteiger partial charge in [0.25, 0.3) is 11.6 Å². The van der Waals surface area contributed by atoms with Crippen LogP contribution in [0.25, 0.3) is 11.0 Å². The zero-order chi connectivity index (χ0) is 31.6. The van der Waals surface area contributed by atoms with Crippen molar-refractivity contribution in [2.24, 2.45) is 5.73 Å². The van der Waals surface area contributed by atoms with Crippen molar-refractivity contribution in [1.82, 2.24) is 15.3 Å². The molecule has 0 spiro atoms. The smallest absolute Gasteiger partial charge is 0.293 e. The number of primary amides is 1. The number of sulfone groups is 1. The van der Waals surface area contributed by atoms with Gasteiger partial charge in [-0.1, -0.05) is 6.07 Å². The second-order valence-electron chi connectivity index (χ2n) is 11.4. The van der Waals surface area contributed by atoms with Gasteiger partial charge in [-0.05, 0) is 74.9 Å². The summed E-state index contributed by atoms with van der Waals surface area (Å²) in [6, 6.07) is 12.0. The number of carbonyl (C=O) groups is 1. The van der Waals surface area contributed by atoms with Gasteiger partial charge in [-0.25, -0.2) is 13.4 Å². The van der Waals surface area contributed by atoms with E-state index in [-0.39, 0.29) is 44.3 Å². The minimum absolute atomic E-state index is 0.0112. The lowest BCUT2D eigenvalue weighted by Crippen LogP contribution is -2.44. The van der Waals surface area contributed by atoms with Crippen molar-refractivity contribution in [1.29, 1.82) is 0 Å². The Morgan fingerprint density at radius 3 is 2.49 bits per heavy atom. The fourth-order valence-corrected chi connectivity index (χ4v) is 7.44. The summed E-state index contributed by atoms with van der Waals surface area (Å²) in [5.74, 6) is -1.02. The summed E-state index contributed by atoms with van der Waals surface area (Å²) >= 11 is 0. The lowest BCUT2D eigenvalue weighted by molar-refractivity contribution is -0.384. The van der Waals surface area contributed by atoms with Crippen LogP contribution in [-0.2, 0) is 14.6 Å². The summed E-state index contributed by atoms with van der Waals surface area (Å²) in [5, 5.41) is 19.8. The molecule has 0 atom stereocenters. The van der Waals surface area contributed by atoms with E-state index in [4.69, 9.17) is 15.2 Å². The molecule has 2 aromatic carbocycles. The number of aromatic amines is 1. The molecule has 2 aliphatic rings. The monoisotopic (exact) mass is 634 g/mol. The summed E-state index contributed by atoms with van der Waals surface area (Å²) in [6.07, 6.45) is 8.58. The van der Waals surface area contributed by atoms with Crippen LogP contribution < -0.4 is 21.1 Å². The number of nitrogens with one attached hydrogen (secondary N) is 3. The van der Waals surface area contributed by atoms with Crippen LogP contribution in [0.1, 0.15) is 48.9 Å². The second kappa shape index (κ2) is 12.8. The molecule has 3 heterocycles. The normalized spacial score (nSPS) is 19.3. The van der Waals surface area contributed by atoms with Crippen molar-refractivity contribution in [3.8, 4) is 11.5 Å². The van der Waals surface area contributed by atoms with Crippen LogP contribution >= 0.6 is 0 Å². The molecular weight excluding hydrogens is 600 g/mol. The molecule has 5 N–H and O–H groups in total. The van der Waals surface area contributed by atoms with Crippen molar-refractivity contribution in [2.75, 3.05) is 18.5 Å². The van der Waals surface area contributed by atoms with Crippen LogP contribution in [0.5, 0.6) is 11.5 Å². The summed E-state index contributed by atoms with van der Waals surface area (Å²) in [4.78, 5) is 30.4. The molecule has 1 amide bonds. The first-order chi connectivity index (χ1) is 21.7. The molecule has 0 bridgehead atoms. The number of benzene rings is 2. The van der Waals surface area contributed by atoms with Gasteiger partial charge < -0.3 is 30.8 Å². The molecule has 2 aromatic heterocycles. The summed E-state index contributed by atoms with van der Waals surface area (Å²) in [6.45, 7) is 1.55. The molecule has 4 aromatic rings. The number of nitrogens with two attached hydrogens (primary N) is 1. The van der Waals surface area contributed by atoms with Crippen LogP contribution in [-0.4, -0.2) is 60.6 Å². The zero-order valence-corrected chi connectivity index (χ0v) is 25.2. The Hall–Kier alpha value is -4.53. The zero-order valence-electron chi connectivity index (χ0n) is 24.4. The molecule has 45 heavy (non-hydrogen) atoms. The molecule has 1 aliphatic heterocycles. The first kappa shape index (κ1) is 30.5. The third-order valence-electron chi connectivity index (χ3n) is 8.38. The molecule has 6 rings (SSSR count). The molecule has 0 unspecified atom stereocenters. The van der Waals surface area contributed by atoms with Crippen molar-refractivity contribution in [3.05, 3.63) is 76.6 Å². The number of fused-ring (bicyclic) bond motifs is 1. The highest BCUT2D eigenvalue weighted by Crippen LogP contribution is 2.38. The molecule has 1 aliphatic carbocycles. The lowest BCUT2D eigenvalue weighted by atomic mass is 9.90. The summed E-state index contributed by atoms with van der Waals surface area (Å²) < 4.78 is 39.3. The van der Waals surface area contributed by atoms with Gasteiger partial charge in [0.2, 0.25) is 9.84 Å². The number of nitro groups is 1.